The molecule has 2 atom stereocenters. The van der Waals surface area contributed by atoms with Crippen molar-refractivity contribution in [3.8, 4) is 5.75 Å². The van der Waals surface area contributed by atoms with Crippen molar-refractivity contribution in [3.05, 3.63) is 29.8 Å². The van der Waals surface area contributed by atoms with E-state index in [-0.39, 0.29) is 6.10 Å². The Balaban J connectivity index is 2.56. The summed E-state index contributed by atoms with van der Waals surface area (Å²) in [5.41, 5.74) is 1.27. The standard InChI is InChI=1S/C16H27NO2/c1-5-10-17-14(3)15-7-6-8-16(12-15)19-13(2)9-11-18-4/h6-8,12-14,17H,5,9-11H2,1-4H3. The number of ether oxygens (including phenoxy) is 2. The van der Waals surface area contributed by atoms with Gasteiger partial charge in [-0.2, -0.15) is 0 Å². The third-order valence-corrected chi connectivity index (χ3v) is 3.12. The molecule has 0 spiro atoms. The highest BCUT2D eigenvalue weighted by molar-refractivity contribution is 5.30. The third kappa shape index (κ3) is 6.08. The molecule has 0 amide bonds. The zero-order valence-electron chi connectivity index (χ0n) is 12.6. The molecule has 2 unspecified atom stereocenters. The molecule has 0 bridgehead atoms. The molecule has 1 rings (SSSR count). The molecule has 3 heteroatoms. The van der Waals surface area contributed by atoms with Crippen LogP contribution in [0.4, 0.5) is 0 Å². The molecule has 19 heavy (non-hydrogen) atoms. The maximum Gasteiger partial charge on any atom is 0.120 e. The molecule has 1 aromatic rings. The maximum atomic E-state index is 5.90. The Kier molecular flexibility index (Phi) is 7.53. The van der Waals surface area contributed by atoms with Gasteiger partial charge in [-0.1, -0.05) is 19.1 Å². The predicted octanol–water partition coefficient (Wildman–Crippen LogP) is 3.55. The summed E-state index contributed by atoms with van der Waals surface area (Å²) in [6, 6.07) is 8.69. The second-order valence-electron chi connectivity index (χ2n) is 4.96. The molecule has 1 aromatic carbocycles. The van der Waals surface area contributed by atoms with Crippen LogP contribution in [-0.2, 0) is 4.74 Å². The van der Waals surface area contributed by atoms with Crippen molar-refractivity contribution in [2.45, 2.75) is 45.8 Å². The Bertz CT molecular complexity index is 354. The monoisotopic (exact) mass is 265 g/mol. The van der Waals surface area contributed by atoms with E-state index in [0.29, 0.717) is 6.04 Å². The van der Waals surface area contributed by atoms with Gasteiger partial charge in [0.2, 0.25) is 0 Å². The Labute approximate surface area is 117 Å². The smallest absolute Gasteiger partial charge is 0.120 e. The van der Waals surface area contributed by atoms with Crippen molar-refractivity contribution in [1.29, 1.82) is 0 Å². The van der Waals surface area contributed by atoms with E-state index in [2.05, 4.69) is 44.3 Å². The van der Waals surface area contributed by atoms with Crippen LogP contribution in [0.3, 0.4) is 0 Å². The van der Waals surface area contributed by atoms with Gasteiger partial charge in [0, 0.05) is 26.2 Å². The molecule has 0 aliphatic carbocycles. The van der Waals surface area contributed by atoms with Crippen LogP contribution in [0, 0.1) is 0 Å². The molecule has 0 aliphatic rings. The van der Waals surface area contributed by atoms with Crippen LogP contribution in [0.5, 0.6) is 5.75 Å². The minimum absolute atomic E-state index is 0.175. The topological polar surface area (TPSA) is 30.5 Å². The maximum absolute atomic E-state index is 5.90. The second-order valence-corrected chi connectivity index (χ2v) is 4.96. The fraction of sp³-hybridized carbons (Fsp3) is 0.625. The molecule has 0 radical (unpaired) electrons. The summed E-state index contributed by atoms with van der Waals surface area (Å²) < 4.78 is 11.0. The van der Waals surface area contributed by atoms with Crippen LogP contribution in [0.1, 0.15) is 45.2 Å². The first-order valence-electron chi connectivity index (χ1n) is 7.16. The Morgan fingerprint density at radius 2 is 2.05 bits per heavy atom. The van der Waals surface area contributed by atoms with E-state index in [1.807, 2.05) is 6.07 Å². The molecule has 0 aromatic heterocycles. The summed E-state index contributed by atoms with van der Waals surface area (Å²) in [6.07, 6.45) is 2.23. The lowest BCUT2D eigenvalue weighted by molar-refractivity contribution is 0.135. The number of methoxy groups -OCH3 is 1. The van der Waals surface area contributed by atoms with Gasteiger partial charge in [-0.25, -0.2) is 0 Å². The van der Waals surface area contributed by atoms with E-state index < -0.39 is 0 Å². The number of hydrogen-bond donors (Lipinski definition) is 1. The molecule has 1 N–H and O–H groups in total. The highest BCUT2D eigenvalue weighted by Gasteiger charge is 2.07. The van der Waals surface area contributed by atoms with Gasteiger partial charge < -0.3 is 14.8 Å². The molecule has 0 saturated carbocycles. The molecule has 108 valence electrons. The van der Waals surface area contributed by atoms with Crippen LogP contribution in [0.2, 0.25) is 0 Å². The van der Waals surface area contributed by atoms with Gasteiger partial charge in [0.05, 0.1) is 6.10 Å². The van der Waals surface area contributed by atoms with Crippen LogP contribution >= 0.6 is 0 Å². The molecule has 0 fully saturated rings. The van der Waals surface area contributed by atoms with Crippen molar-refractivity contribution >= 4 is 0 Å². The minimum atomic E-state index is 0.175. The Hall–Kier alpha value is -1.06. The van der Waals surface area contributed by atoms with Crippen molar-refractivity contribution < 1.29 is 9.47 Å². The van der Waals surface area contributed by atoms with Gasteiger partial charge in [-0.15, -0.1) is 0 Å². The average Bonchev–Trinajstić information content (AvgIpc) is 2.42. The zero-order chi connectivity index (χ0) is 14.1. The lowest BCUT2D eigenvalue weighted by atomic mass is 10.1. The normalized spacial score (nSPS) is 14.1. The summed E-state index contributed by atoms with van der Waals surface area (Å²) in [4.78, 5) is 0. The lowest BCUT2D eigenvalue weighted by Crippen LogP contribution is -2.19. The Morgan fingerprint density at radius 3 is 2.74 bits per heavy atom. The first-order chi connectivity index (χ1) is 9.17. The summed E-state index contributed by atoms with van der Waals surface area (Å²) in [7, 11) is 1.72. The average molecular weight is 265 g/mol. The van der Waals surface area contributed by atoms with Gasteiger partial charge in [-0.3, -0.25) is 0 Å². The predicted molar refractivity (Wildman–Crippen MR) is 79.7 cm³/mol. The molecule has 0 heterocycles. The van der Waals surface area contributed by atoms with Gasteiger partial charge in [-0.05, 0) is 44.5 Å². The van der Waals surface area contributed by atoms with Crippen LogP contribution < -0.4 is 10.1 Å². The highest BCUT2D eigenvalue weighted by Crippen LogP contribution is 2.20. The summed E-state index contributed by atoms with van der Waals surface area (Å²) in [5.74, 6) is 0.936. The lowest BCUT2D eigenvalue weighted by Gasteiger charge is -2.17. The third-order valence-electron chi connectivity index (χ3n) is 3.12. The fourth-order valence-corrected chi connectivity index (χ4v) is 1.91. The second kappa shape index (κ2) is 8.94. The van der Waals surface area contributed by atoms with Crippen molar-refractivity contribution in [2.75, 3.05) is 20.3 Å². The quantitative estimate of drug-likeness (QED) is 0.740. The van der Waals surface area contributed by atoms with E-state index in [0.717, 1.165) is 31.7 Å². The number of benzene rings is 1. The molecular weight excluding hydrogens is 238 g/mol. The van der Waals surface area contributed by atoms with E-state index in [4.69, 9.17) is 9.47 Å². The molecule has 3 nitrogen and oxygen atoms in total. The van der Waals surface area contributed by atoms with Crippen molar-refractivity contribution in [3.63, 3.8) is 0 Å². The van der Waals surface area contributed by atoms with Crippen molar-refractivity contribution in [1.82, 2.24) is 5.32 Å². The zero-order valence-corrected chi connectivity index (χ0v) is 12.6. The summed E-state index contributed by atoms with van der Waals surface area (Å²) >= 11 is 0. The summed E-state index contributed by atoms with van der Waals surface area (Å²) in [6.45, 7) is 8.20. The first kappa shape index (κ1) is 16.0. The highest BCUT2D eigenvalue weighted by atomic mass is 16.5. The number of hydrogen-bond acceptors (Lipinski definition) is 3. The summed E-state index contributed by atoms with van der Waals surface area (Å²) in [5, 5.41) is 3.49. The van der Waals surface area contributed by atoms with Gasteiger partial charge in [0.15, 0.2) is 0 Å². The van der Waals surface area contributed by atoms with E-state index in [1.165, 1.54) is 5.56 Å². The van der Waals surface area contributed by atoms with Crippen LogP contribution in [0.15, 0.2) is 24.3 Å². The molecule has 0 aliphatic heterocycles. The van der Waals surface area contributed by atoms with Gasteiger partial charge in [0.25, 0.3) is 0 Å². The van der Waals surface area contributed by atoms with E-state index in [9.17, 15) is 0 Å². The van der Waals surface area contributed by atoms with Crippen molar-refractivity contribution in [2.24, 2.45) is 0 Å². The van der Waals surface area contributed by atoms with Crippen LogP contribution in [0.25, 0.3) is 0 Å². The number of nitrogens with one attached hydrogen (secondary N) is 1. The van der Waals surface area contributed by atoms with Gasteiger partial charge >= 0.3 is 0 Å². The Morgan fingerprint density at radius 1 is 1.26 bits per heavy atom. The minimum Gasteiger partial charge on any atom is -0.491 e. The molecule has 0 saturated heterocycles. The van der Waals surface area contributed by atoms with Gasteiger partial charge in [0.1, 0.15) is 5.75 Å². The fourth-order valence-electron chi connectivity index (χ4n) is 1.91. The van der Waals surface area contributed by atoms with E-state index >= 15 is 0 Å². The first-order valence-corrected chi connectivity index (χ1v) is 7.16. The SMILES string of the molecule is CCCNC(C)c1cccc(OC(C)CCOC)c1. The number of rotatable bonds is 9. The molecular formula is C16H27NO2. The van der Waals surface area contributed by atoms with Crippen LogP contribution in [-0.4, -0.2) is 26.4 Å². The van der Waals surface area contributed by atoms with E-state index in [1.54, 1.807) is 7.11 Å². The largest absolute Gasteiger partial charge is 0.491 e.